The van der Waals surface area contributed by atoms with Gasteiger partial charge in [0.15, 0.2) is 0 Å². The van der Waals surface area contributed by atoms with Gasteiger partial charge in [0.2, 0.25) is 0 Å². The molecule has 0 saturated carbocycles. The van der Waals surface area contributed by atoms with Crippen molar-refractivity contribution in [2.24, 2.45) is 11.8 Å². The molecule has 0 N–H and O–H groups in total. The van der Waals surface area contributed by atoms with Crippen LogP contribution in [0, 0.1) is 11.8 Å². The van der Waals surface area contributed by atoms with Crippen LogP contribution in [0.15, 0.2) is 28.7 Å². The Bertz CT molecular complexity index is 303. The minimum Gasteiger partial charge on any atom is -0.0925 e. The summed E-state index contributed by atoms with van der Waals surface area (Å²) in [6.45, 7) is 4.61. The minimum atomic E-state index is 0.773. The van der Waals surface area contributed by atoms with E-state index in [-0.39, 0.29) is 0 Å². The van der Waals surface area contributed by atoms with E-state index >= 15 is 0 Å². The monoisotopic (exact) mass is 360 g/mol. The second kappa shape index (κ2) is 8.31. The van der Waals surface area contributed by atoms with Gasteiger partial charge in [0.1, 0.15) is 0 Å². The van der Waals surface area contributed by atoms with Crippen LogP contribution < -0.4 is 0 Å². The summed E-state index contributed by atoms with van der Waals surface area (Å²) in [6, 6.07) is 8.72. The lowest BCUT2D eigenvalue weighted by Gasteiger charge is -2.14. The van der Waals surface area contributed by atoms with Crippen molar-refractivity contribution < 1.29 is 0 Å². The molecule has 0 spiro atoms. The van der Waals surface area contributed by atoms with Crippen molar-refractivity contribution in [2.45, 2.75) is 39.5 Å². The molecule has 0 nitrogen and oxygen atoms in total. The molecule has 1 aromatic carbocycles. The highest BCUT2D eigenvalue weighted by molar-refractivity contribution is 9.10. The molecule has 0 amide bonds. The third-order valence-corrected chi connectivity index (χ3v) is 4.49. The van der Waals surface area contributed by atoms with E-state index in [9.17, 15) is 0 Å². The van der Waals surface area contributed by atoms with Gasteiger partial charge in [0, 0.05) is 9.80 Å². The number of halogens is 2. The lowest BCUT2D eigenvalue weighted by Crippen LogP contribution is -2.06. The van der Waals surface area contributed by atoms with Crippen LogP contribution in [-0.4, -0.2) is 5.33 Å². The van der Waals surface area contributed by atoms with E-state index in [0.717, 1.165) is 21.6 Å². The Morgan fingerprint density at radius 3 is 2.24 bits per heavy atom. The predicted octanol–water partition coefficient (Wildman–Crippen LogP) is 5.83. The highest BCUT2D eigenvalue weighted by atomic mass is 79.9. The van der Waals surface area contributed by atoms with Gasteiger partial charge in [-0.25, -0.2) is 0 Å². The molecule has 96 valence electrons. The van der Waals surface area contributed by atoms with Gasteiger partial charge in [-0.15, -0.1) is 0 Å². The number of hydrogen-bond donors (Lipinski definition) is 0. The van der Waals surface area contributed by atoms with Crippen LogP contribution in [0.3, 0.4) is 0 Å². The van der Waals surface area contributed by atoms with Gasteiger partial charge < -0.3 is 0 Å². The van der Waals surface area contributed by atoms with Crippen LogP contribution in [0.5, 0.6) is 0 Å². The van der Waals surface area contributed by atoms with E-state index < -0.39 is 0 Å². The second-order valence-corrected chi connectivity index (χ2v) is 6.74. The Hall–Kier alpha value is 0.180. The summed E-state index contributed by atoms with van der Waals surface area (Å²) in [6.07, 6.45) is 5.23. The van der Waals surface area contributed by atoms with Crippen LogP contribution in [0.2, 0.25) is 0 Å². The molecule has 0 aromatic heterocycles. The summed E-state index contributed by atoms with van der Waals surface area (Å²) in [4.78, 5) is 0. The molecule has 0 aliphatic rings. The Morgan fingerprint density at radius 1 is 1.06 bits per heavy atom. The Labute approximate surface area is 122 Å². The fraction of sp³-hybridized carbons (Fsp3) is 0.600. The van der Waals surface area contributed by atoms with E-state index in [1.54, 1.807) is 0 Å². The zero-order valence-corrected chi connectivity index (χ0v) is 13.9. The van der Waals surface area contributed by atoms with Crippen molar-refractivity contribution >= 4 is 31.9 Å². The SMILES string of the molecule is CC(C)CCCC(CBr)Cc1ccc(Br)cc1. The molecule has 1 aromatic rings. The highest BCUT2D eigenvalue weighted by Gasteiger charge is 2.08. The van der Waals surface area contributed by atoms with Gasteiger partial charge >= 0.3 is 0 Å². The molecule has 1 atom stereocenters. The van der Waals surface area contributed by atoms with Gasteiger partial charge in [-0.1, -0.05) is 70.7 Å². The summed E-state index contributed by atoms with van der Waals surface area (Å²) in [5, 5.41) is 1.11. The maximum atomic E-state index is 3.65. The molecule has 0 radical (unpaired) electrons. The van der Waals surface area contributed by atoms with Crippen LogP contribution in [0.25, 0.3) is 0 Å². The van der Waals surface area contributed by atoms with Gasteiger partial charge in [-0.2, -0.15) is 0 Å². The van der Waals surface area contributed by atoms with Crippen molar-refractivity contribution in [1.82, 2.24) is 0 Å². The first-order valence-corrected chi connectivity index (χ1v) is 8.33. The van der Waals surface area contributed by atoms with Crippen LogP contribution in [-0.2, 0) is 6.42 Å². The first-order chi connectivity index (χ1) is 8.11. The number of rotatable bonds is 7. The third kappa shape index (κ3) is 6.61. The Balaban J connectivity index is 2.38. The van der Waals surface area contributed by atoms with E-state index in [4.69, 9.17) is 0 Å². The van der Waals surface area contributed by atoms with Gasteiger partial charge in [0.25, 0.3) is 0 Å². The lowest BCUT2D eigenvalue weighted by molar-refractivity contribution is 0.462. The first kappa shape index (κ1) is 15.2. The van der Waals surface area contributed by atoms with Crippen LogP contribution >= 0.6 is 31.9 Å². The van der Waals surface area contributed by atoms with Crippen molar-refractivity contribution in [3.8, 4) is 0 Å². The third-order valence-electron chi connectivity index (χ3n) is 3.05. The summed E-state index contributed by atoms with van der Waals surface area (Å²) < 4.78 is 1.16. The molecule has 0 bridgehead atoms. The lowest BCUT2D eigenvalue weighted by atomic mass is 9.94. The normalized spacial score (nSPS) is 13.0. The van der Waals surface area contributed by atoms with Crippen molar-refractivity contribution in [1.29, 1.82) is 0 Å². The standard InChI is InChI=1S/C15H22Br2/c1-12(2)4-3-5-14(11-16)10-13-6-8-15(17)9-7-13/h6-9,12,14H,3-5,10-11H2,1-2H3. The fourth-order valence-electron chi connectivity index (χ4n) is 2.00. The molecule has 0 aliphatic heterocycles. The van der Waals surface area contributed by atoms with Crippen molar-refractivity contribution in [3.05, 3.63) is 34.3 Å². The fourth-order valence-corrected chi connectivity index (χ4v) is 2.82. The van der Waals surface area contributed by atoms with Crippen molar-refractivity contribution in [3.63, 3.8) is 0 Å². The summed E-state index contributed by atoms with van der Waals surface area (Å²) in [5.41, 5.74) is 1.45. The molecule has 2 heteroatoms. The van der Waals surface area contributed by atoms with E-state index in [1.165, 1.54) is 31.2 Å². The molecule has 0 saturated heterocycles. The molecule has 1 unspecified atom stereocenters. The summed E-state index contributed by atoms with van der Waals surface area (Å²) >= 11 is 7.12. The van der Waals surface area contributed by atoms with Gasteiger partial charge in [-0.3, -0.25) is 0 Å². The average Bonchev–Trinajstić information content (AvgIpc) is 2.30. The van der Waals surface area contributed by atoms with E-state index in [0.29, 0.717) is 0 Å². The molecular formula is C15H22Br2. The number of hydrogen-bond acceptors (Lipinski definition) is 0. The van der Waals surface area contributed by atoms with Crippen LogP contribution in [0.1, 0.15) is 38.7 Å². The maximum absolute atomic E-state index is 3.65. The van der Waals surface area contributed by atoms with Gasteiger partial charge in [0.05, 0.1) is 0 Å². The molecule has 0 fully saturated rings. The maximum Gasteiger partial charge on any atom is 0.0175 e. The molecule has 1 rings (SSSR count). The van der Waals surface area contributed by atoms with Crippen LogP contribution in [0.4, 0.5) is 0 Å². The van der Waals surface area contributed by atoms with Gasteiger partial charge in [-0.05, 0) is 42.4 Å². The number of benzene rings is 1. The van der Waals surface area contributed by atoms with Crippen molar-refractivity contribution in [2.75, 3.05) is 5.33 Å². The Morgan fingerprint density at radius 2 is 1.71 bits per heavy atom. The molecule has 0 aliphatic carbocycles. The summed E-state index contributed by atoms with van der Waals surface area (Å²) in [5.74, 6) is 1.61. The zero-order chi connectivity index (χ0) is 12.7. The average molecular weight is 362 g/mol. The number of alkyl halides is 1. The highest BCUT2D eigenvalue weighted by Crippen LogP contribution is 2.20. The molecule has 17 heavy (non-hydrogen) atoms. The Kier molecular flexibility index (Phi) is 7.45. The molecular weight excluding hydrogens is 340 g/mol. The quantitative estimate of drug-likeness (QED) is 0.536. The zero-order valence-electron chi connectivity index (χ0n) is 10.8. The second-order valence-electron chi connectivity index (χ2n) is 5.18. The summed E-state index contributed by atoms with van der Waals surface area (Å²) in [7, 11) is 0. The predicted molar refractivity (Wildman–Crippen MR) is 83.8 cm³/mol. The largest absolute Gasteiger partial charge is 0.0925 e. The van der Waals surface area contributed by atoms with E-state index in [2.05, 4.69) is 70.0 Å². The smallest absolute Gasteiger partial charge is 0.0175 e. The molecule has 0 heterocycles. The minimum absolute atomic E-state index is 0.773. The topological polar surface area (TPSA) is 0 Å². The first-order valence-electron chi connectivity index (χ1n) is 6.42. The van der Waals surface area contributed by atoms with E-state index in [1.807, 2.05) is 0 Å².